The quantitative estimate of drug-likeness (QED) is 0.511. The molecule has 0 fully saturated rings. The second kappa shape index (κ2) is 8.05. The Balaban J connectivity index is 2.05. The number of alkyl halides is 6. The monoisotopic (exact) mass is 450 g/mol. The molecule has 0 unspecified atom stereocenters. The summed E-state index contributed by atoms with van der Waals surface area (Å²) in [5.41, 5.74) is -2.11. The smallest absolute Gasteiger partial charge is 0.379 e. The van der Waals surface area contributed by atoms with Crippen molar-refractivity contribution in [3.05, 3.63) is 45.2 Å². The predicted molar refractivity (Wildman–Crippen MR) is 86.9 cm³/mol. The standard InChI is InChI=1S/C14H10Cl2F6N4O2/c15-7-1-5(11(27)14(20,21)22)2-8(16)10(7)24-12(28)23-4-6-3-9(26-25-6)13(17,18)19/h1-3,11,27H,4H2,(H,25,26)(H2,23,24,28)/t11-/m1/s1. The minimum absolute atomic E-state index is 0.0525. The van der Waals surface area contributed by atoms with Crippen molar-refractivity contribution in [3.63, 3.8) is 0 Å². The third-order valence-electron chi connectivity index (χ3n) is 3.29. The molecule has 2 rings (SSSR count). The van der Waals surface area contributed by atoms with E-state index in [-0.39, 0.29) is 28.0 Å². The Hall–Kier alpha value is -2.18. The van der Waals surface area contributed by atoms with Gasteiger partial charge in [0, 0.05) is 0 Å². The maximum atomic E-state index is 12.6. The number of carbonyl (C=O) groups excluding carboxylic acids is 1. The van der Waals surface area contributed by atoms with E-state index >= 15 is 0 Å². The molecule has 4 N–H and O–H groups in total. The molecule has 0 aliphatic carbocycles. The van der Waals surface area contributed by atoms with E-state index in [2.05, 4.69) is 20.8 Å². The zero-order valence-corrected chi connectivity index (χ0v) is 14.9. The zero-order chi connectivity index (χ0) is 21.3. The van der Waals surface area contributed by atoms with Crippen LogP contribution in [0.15, 0.2) is 18.2 Å². The number of anilines is 1. The molecule has 0 aliphatic rings. The lowest BCUT2D eigenvalue weighted by molar-refractivity contribution is -0.206. The molecule has 0 saturated carbocycles. The number of nitrogens with zero attached hydrogens (tertiary/aromatic N) is 1. The zero-order valence-electron chi connectivity index (χ0n) is 13.3. The van der Waals surface area contributed by atoms with Crippen molar-refractivity contribution in [3.8, 4) is 0 Å². The molecule has 1 aromatic carbocycles. The van der Waals surface area contributed by atoms with E-state index in [1.54, 1.807) is 0 Å². The maximum Gasteiger partial charge on any atom is 0.435 e. The number of nitrogens with one attached hydrogen (secondary N) is 3. The van der Waals surface area contributed by atoms with Crippen LogP contribution in [0.2, 0.25) is 10.0 Å². The molecule has 1 aromatic heterocycles. The topological polar surface area (TPSA) is 90.0 Å². The first-order chi connectivity index (χ1) is 12.8. The molecule has 0 spiro atoms. The largest absolute Gasteiger partial charge is 0.435 e. The van der Waals surface area contributed by atoms with Gasteiger partial charge in [-0.3, -0.25) is 5.10 Å². The van der Waals surface area contributed by atoms with Gasteiger partial charge in [-0.15, -0.1) is 0 Å². The number of carbonyl (C=O) groups is 1. The summed E-state index contributed by atoms with van der Waals surface area (Å²) in [4.78, 5) is 11.8. The number of benzene rings is 1. The number of urea groups is 1. The third-order valence-corrected chi connectivity index (χ3v) is 3.89. The van der Waals surface area contributed by atoms with Crippen molar-refractivity contribution in [2.45, 2.75) is 25.0 Å². The number of rotatable bonds is 4. The van der Waals surface area contributed by atoms with Crippen LogP contribution in [0.3, 0.4) is 0 Å². The van der Waals surface area contributed by atoms with Gasteiger partial charge in [-0.2, -0.15) is 31.4 Å². The first-order valence-electron chi connectivity index (χ1n) is 7.19. The number of halogens is 8. The summed E-state index contributed by atoms with van der Waals surface area (Å²) in [6.07, 6.45) is -12.4. The fraction of sp³-hybridized carbons (Fsp3) is 0.286. The summed E-state index contributed by atoms with van der Waals surface area (Å²) >= 11 is 11.6. The average Bonchev–Trinajstić information content (AvgIpc) is 3.04. The van der Waals surface area contributed by atoms with Crippen LogP contribution >= 0.6 is 23.2 Å². The summed E-state index contributed by atoms with van der Waals surface area (Å²) in [6.45, 7) is -0.366. The number of aromatic nitrogens is 2. The Morgan fingerprint density at radius 3 is 2.18 bits per heavy atom. The van der Waals surface area contributed by atoms with Gasteiger partial charge in [0.2, 0.25) is 0 Å². The lowest BCUT2D eigenvalue weighted by atomic mass is 10.1. The Bertz CT molecular complexity index is 845. The highest BCUT2D eigenvalue weighted by Crippen LogP contribution is 2.38. The third kappa shape index (κ3) is 5.42. The van der Waals surface area contributed by atoms with Gasteiger partial charge in [0.05, 0.1) is 28.0 Å². The molecule has 28 heavy (non-hydrogen) atoms. The molecule has 1 atom stereocenters. The van der Waals surface area contributed by atoms with E-state index in [1.165, 1.54) is 0 Å². The summed E-state index contributed by atoms with van der Waals surface area (Å²) in [7, 11) is 0. The van der Waals surface area contributed by atoms with Crippen LogP contribution in [0.5, 0.6) is 0 Å². The maximum absolute atomic E-state index is 12.6. The number of aromatic amines is 1. The molecule has 2 amide bonds. The molecule has 0 aliphatic heterocycles. The van der Waals surface area contributed by atoms with E-state index in [0.717, 1.165) is 12.1 Å². The SMILES string of the molecule is O=C(NCc1cc(C(F)(F)F)n[nH]1)Nc1c(Cl)cc([C@@H](O)C(F)(F)F)cc1Cl. The predicted octanol–water partition coefficient (Wildman–Crippen LogP) is 4.65. The molecule has 6 nitrogen and oxygen atoms in total. The molecule has 14 heteroatoms. The highest BCUT2D eigenvalue weighted by molar-refractivity contribution is 6.39. The van der Waals surface area contributed by atoms with Gasteiger partial charge in [-0.05, 0) is 23.8 Å². The summed E-state index contributed by atoms with van der Waals surface area (Å²) in [5, 5.41) is 17.9. The highest BCUT2D eigenvalue weighted by Gasteiger charge is 2.40. The molecule has 0 bridgehead atoms. The van der Waals surface area contributed by atoms with Gasteiger partial charge in [0.15, 0.2) is 11.8 Å². The van der Waals surface area contributed by atoms with Gasteiger partial charge in [0.1, 0.15) is 0 Å². The normalized spacial score (nSPS) is 13.3. The van der Waals surface area contributed by atoms with Crippen LogP contribution in [0.25, 0.3) is 0 Å². The van der Waals surface area contributed by atoms with Crippen molar-refractivity contribution in [2.75, 3.05) is 5.32 Å². The van der Waals surface area contributed by atoms with Crippen LogP contribution in [0.1, 0.15) is 23.1 Å². The van der Waals surface area contributed by atoms with Gasteiger partial charge in [-0.25, -0.2) is 4.79 Å². The van der Waals surface area contributed by atoms with Crippen molar-refractivity contribution < 1.29 is 36.2 Å². The fourth-order valence-corrected chi connectivity index (χ4v) is 2.59. The van der Waals surface area contributed by atoms with Gasteiger partial charge in [-0.1, -0.05) is 23.2 Å². The first kappa shape index (κ1) is 22.1. The minimum atomic E-state index is -4.95. The van der Waals surface area contributed by atoms with Gasteiger partial charge in [0.25, 0.3) is 0 Å². The number of hydrogen-bond acceptors (Lipinski definition) is 3. The number of amides is 2. The highest BCUT2D eigenvalue weighted by atomic mass is 35.5. The van der Waals surface area contributed by atoms with Crippen molar-refractivity contribution in [2.24, 2.45) is 0 Å². The molecule has 154 valence electrons. The van der Waals surface area contributed by atoms with E-state index < -0.39 is 35.7 Å². The van der Waals surface area contributed by atoms with Gasteiger partial charge < -0.3 is 15.7 Å². The fourth-order valence-electron chi connectivity index (χ4n) is 1.99. The van der Waals surface area contributed by atoms with Crippen molar-refractivity contribution in [1.29, 1.82) is 0 Å². The van der Waals surface area contributed by atoms with Crippen LogP contribution in [-0.4, -0.2) is 27.5 Å². The number of hydrogen-bond donors (Lipinski definition) is 4. The lowest BCUT2D eigenvalue weighted by Gasteiger charge is -2.17. The second-order valence-electron chi connectivity index (χ2n) is 5.39. The van der Waals surface area contributed by atoms with Crippen LogP contribution < -0.4 is 10.6 Å². The lowest BCUT2D eigenvalue weighted by Crippen LogP contribution is -2.28. The summed E-state index contributed by atoms with van der Waals surface area (Å²) in [5.74, 6) is 0. The molecule has 0 saturated heterocycles. The van der Waals surface area contributed by atoms with Crippen molar-refractivity contribution >= 4 is 34.9 Å². The Morgan fingerprint density at radius 1 is 1.14 bits per heavy atom. The van der Waals surface area contributed by atoms with Gasteiger partial charge >= 0.3 is 18.4 Å². The Morgan fingerprint density at radius 2 is 1.71 bits per heavy atom. The molecule has 1 heterocycles. The first-order valence-corrected chi connectivity index (χ1v) is 7.94. The van der Waals surface area contributed by atoms with Crippen LogP contribution in [-0.2, 0) is 12.7 Å². The number of aliphatic hydroxyl groups is 1. The van der Waals surface area contributed by atoms with Crippen LogP contribution in [0, 0.1) is 0 Å². The van der Waals surface area contributed by atoms with E-state index in [4.69, 9.17) is 23.2 Å². The molecule has 2 aromatic rings. The Kier molecular flexibility index (Phi) is 6.36. The van der Waals surface area contributed by atoms with E-state index in [0.29, 0.717) is 6.07 Å². The average molecular weight is 451 g/mol. The van der Waals surface area contributed by atoms with Crippen molar-refractivity contribution in [1.82, 2.24) is 15.5 Å². The molecular formula is C14H10Cl2F6N4O2. The number of aliphatic hydroxyl groups excluding tert-OH is 1. The summed E-state index contributed by atoms with van der Waals surface area (Å²) in [6, 6.07) is 1.28. The number of H-pyrrole nitrogens is 1. The molecular weight excluding hydrogens is 441 g/mol. The Labute approximate surface area is 162 Å². The minimum Gasteiger partial charge on any atom is -0.379 e. The summed E-state index contributed by atoms with van der Waals surface area (Å²) < 4.78 is 75.0. The van der Waals surface area contributed by atoms with E-state index in [9.17, 15) is 36.2 Å². The second-order valence-corrected chi connectivity index (χ2v) is 6.20. The molecule has 0 radical (unpaired) electrons. The van der Waals surface area contributed by atoms with Crippen LogP contribution in [0.4, 0.5) is 36.8 Å². The van der Waals surface area contributed by atoms with E-state index in [1.807, 2.05) is 0 Å².